The molecule has 0 radical (unpaired) electrons. The number of benzene rings is 1. The summed E-state index contributed by atoms with van der Waals surface area (Å²) in [6.45, 7) is 0.206. The van der Waals surface area contributed by atoms with Crippen LogP contribution in [0.4, 0.5) is 0 Å². The summed E-state index contributed by atoms with van der Waals surface area (Å²) in [5.41, 5.74) is 6.28. The van der Waals surface area contributed by atoms with Gasteiger partial charge < -0.3 is 15.2 Å². The van der Waals surface area contributed by atoms with E-state index in [0.29, 0.717) is 22.9 Å². The van der Waals surface area contributed by atoms with E-state index in [-0.39, 0.29) is 11.6 Å². The molecule has 0 atom stereocenters. The Morgan fingerprint density at radius 3 is 2.68 bits per heavy atom. The highest BCUT2D eigenvalue weighted by Crippen LogP contribution is 2.23. The van der Waals surface area contributed by atoms with Crippen LogP contribution in [0.15, 0.2) is 18.2 Å². The molecule has 0 aliphatic carbocycles. The number of hydrogen-bond donors (Lipinski definition) is 1. The average Bonchev–Trinajstić information content (AvgIpc) is 2.81. The second-order valence-electron chi connectivity index (χ2n) is 3.75. The summed E-state index contributed by atoms with van der Waals surface area (Å²) in [7, 11) is 3.25. The van der Waals surface area contributed by atoms with Crippen LogP contribution >= 0.6 is 12.2 Å². The van der Waals surface area contributed by atoms with Crippen LogP contribution in [0.5, 0.6) is 11.5 Å². The molecule has 1 aromatic heterocycles. The highest BCUT2D eigenvalue weighted by atomic mass is 32.1. The molecule has 0 aliphatic heterocycles. The average molecular weight is 279 g/mol. The van der Waals surface area contributed by atoms with Crippen molar-refractivity contribution in [3.63, 3.8) is 0 Å². The maximum absolute atomic E-state index is 5.60. The number of thiocarbonyl (C=S) groups is 1. The summed E-state index contributed by atoms with van der Waals surface area (Å²) >= 11 is 4.94. The van der Waals surface area contributed by atoms with Gasteiger partial charge in [-0.15, -0.1) is 10.2 Å². The lowest BCUT2D eigenvalue weighted by Gasteiger charge is -2.08. The third kappa shape index (κ3) is 3.38. The van der Waals surface area contributed by atoms with Gasteiger partial charge in [0.1, 0.15) is 16.5 Å². The number of tetrazole rings is 1. The molecule has 0 spiro atoms. The monoisotopic (exact) mass is 279 g/mol. The first kappa shape index (κ1) is 13.2. The van der Waals surface area contributed by atoms with E-state index in [2.05, 4.69) is 15.4 Å². The normalized spacial score (nSPS) is 10.2. The Labute approximate surface area is 115 Å². The molecular formula is C11H13N5O2S. The first-order chi connectivity index (χ1) is 9.08. The smallest absolute Gasteiger partial charge is 0.212 e. The lowest BCUT2D eigenvalue weighted by Crippen LogP contribution is -2.10. The van der Waals surface area contributed by atoms with Crippen molar-refractivity contribution in [2.75, 3.05) is 7.11 Å². The molecule has 8 heteroatoms. The molecule has 0 unspecified atom stereocenters. The number of nitrogens with zero attached hydrogens (tertiary/aromatic N) is 4. The van der Waals surface area contributed by atoms with E-state index in [0.717, 1.165) is 0 Å². The molecule has 0 bridgehead atoms. The minimum atomic E-state index is 0.206. The predicted octanol–water partition coefficient (Wildman–Crippen LogP) is 0.432. The molecule has 0 amide bonds. The number of methoxy groups -OCH3 is 1. The first-order valence-corrected chi connectivity index (χ1v) is 5.84. The fourth-order valence-electron chi connectivity index (χ4n) is 1.44. The number of rotatable bonds is 5. The zero-order valence-electron chi connectivity index (χ0n) is 10.5. The van der Waals surface area contributed by atoms with E-state index in [4.69, 9.17) is 27.4 Å². The Morgan fingerprint density at radius 2 is 2.11 bits per heavy atom. The van der Waals surface area contributed by atoms with Crippen molar-refractivity contribution in [1.82, 2.24) is 20.2 Å². The van der Waals surface area contributed by atoms with Crippen LogP contribution in [0.3, 0.4) is 0 Å². The Kier molecular flexibility index (Phi) is 3.91. The van der Waals surface area contributed by atoms with E-state index < -0.39 is 0 Å². The molecule has 0 fully saturated rings. The van der Waals surface area contributed by atoms with Crippen molar-refractivity contribution in [2.45, 2.75) is 6.61 Å². The Morgan fingerprint density at radius 1 is 1.37 bits per heavy atom. The van der Waals surface area contributed by atoms with Gasteiger partial charge in [-0.25, -0.2) is 0 Å². The zero-order valence-corrected chi connectivity index (χ0v) is 11.3. The van der Waals surface area contributed by atoms with Crippen LogP contribution in [0.25, 0.3) is 0 Å². The second-order valence-corrected chi connectivity index (χ2v) is 4.19. The van der Waals surface area contributed by atoms with Crippen molar-refractivity contribution in [2.24, 2.45) is 12.8 Å². The molecule has 19 heavy (non-hydrogen) atoms. The van der Waals surface area contributed by atoms with E-state index in [1.807, 2.05) is 0 Å². The van der Waals surface area contributed by atoms with Crippen LogP contribution in [-0.2, 0) is 13.7 Å². The highest BCUT2D eigenvalue weighted by molar-refractivity contribution is 7.80. The van der Waals surface area contributed by atoms with Gasteiger partial charge in [0.2, 0.25) is 5.82 Å². The molecule has 2 N–H and O–H groups in total. The number of aryl methyl sites for hydroxylation is 1. The SMILES string of the molecule is COc1cc(OCc2nnn(C)n2)cc(C(N)=S)c1. The standard InChI is InChI=1S/C11H13N5O2S/c1-16-14-10(13-15-16)6-18-9-4-7(11(12)19)3-8(5-9)17-2/h3-5H,6H2,1-2H3,(H2,12,19). The van der Waals surface area contributed by atoms with Crippen LogP contribution in [0, 0.1) is 0 Å². The highest BCUT2D eigenvalue weighted by Gasteiger charge is 2.06. The Balaban J connectivity index is 2.15. The van der Waals surface area contributed by atoms with Crippen molar-refractivity contribution in [3.05, 3.63) is 29.6 Å². The predicted molar refractivity (Wildman–Crippen MR) is 72.0 cm³/mol. The van der Waals surface area contributed by atoms with Gasteiger partial charge >= 0.3 is 0 Å². The summed E-state index contributed by atoms with van der Waals surface area (Å²) in [6, 6.07) is 5.22. The fourth-order valence-corrected chi connectivity index (χ4v) is 1.56. The molecular weight excluding hydrogens is 266 g/mol. The molecule has 0 saturated heterocycles. The maximum atomic E-state index is 5.60. The van der Waals surface area contributed by atoms with Crippen molar-refractivity contribution >= 4 is 17.2 Å². The van der Waals surface area contributed by atoms with Gasteiger partial charge in [0, 0.05) is 11.6 Å². The van der Waals surface area contributed by atoms with Crippen LogP contribution < -0.4 is 15.2 Å². The minimum absolute atomic E-state index is 0.206. The molecule has 0 aliphatic rings. The van der Waals surface area contributed by atoms with Gasteiger partial charge in [-0.1, -0.05) is 12.2 Å². The fraction of sp³-hybridized carbons (Fsp3) is 0.273. The molecule has 0 saturated carbocycles. The first-order valence-electron chi connectivity index (χ1n) is 5.43. The van der Waals surface area contributed by atoms with E-state index in [9.17, 15) is 0 Å². The molecule has 2 aromatic rings. The van der Waals surface area contributed by atoms with Crippen LogP contribution in [-0.4, -0.2) is 32.3 Å². The number of ether oxygens (including phenoxy) is 2. The molecule has 7 nitrogen and oxygen atoms in total. The zero-order chi connectivity index (χ0) is 13.8. The minimum Gasteiger partial charge on any atom is -0.497 e. The molecule has 2 rings (SSSR count). The van der Waals surface area contributed by atoms with Gasteiger partial charge in [-0.05, 0) is 17.3 Å². The summed E-state index contributed by atoms with van der Waals surface area (Å²) in [5.74, 6) is 1.68. The van der Waals surface area contributed by atoms with Crippen LogP contribution in [0.1, 0.15) is 11.4 Å². The lowest BCUT2D eigenvalue weighted by molar-refractivity contribution is 0.293. The van der Waals surface area contributed by atoms with Gasteiger partial charge in [0.05, 0.1) is 14.2 Å². The van der Waals surface area contributed by atoms with Crippen molar-refractivity contribution < 1.29 is 9.47 Å². The summed E-state index contributed by atoms with van der Waals surface area (Å²) in [4.78, 5) is 1.64. The van der Waals surface area contributed by atoms with Crippen molar-refractivity contribution in [3.8, 4) is 11.5 Å². The number of aromatic nitrogens is 4. The summed E-state index contributed by atoms with van der Waals surface area (Å²) in [5, 5.41) is 11.6. The van der Waals surface area contributed by atoms with Gasteiger partial charge in [0.25, 0.3) is 0 Å². The number of hydrogen-bond acceptors (Lipinski definition) is 6. The van der Waals surface area contributed by atoms with Crippen LogP contribution in [0.2, 0.25) is 0 Å². The van der Waals surface area contributed by atoms with E-state index >= 15 is 0 Å². The maximum Gasteiger partial charge on any atom is 0.212 e. The van der Waals surface area contributed by atoms with E-state index in [1.54, 1.807) is 32.4 Å². The topological polar surface area (TPSA) is 88.1 Å². The van der Waals surface area contributed by atoms with Gasteiger partial charge in [-0.3, -0.25) is 0 Å². The Bertz CT molecular complexity index is 599. The van der Waals surface area contributed by atoms with E-state index in [1.165, 1.54) is 4.80 Å². The largest absolute Gasteiger partial charge is 0.497 e. The molecule has 100 valence electrons. The second kappa shape index (κ2) is 5.61. The molecule has 1 heterocycles. The third-order valence-electron chi connectivity index (χ3n) is 2.32. The lowest BCUT2D eigenvalue weighted by atomic mass is 10.2. The molecule has 1 aromatic carbocycles. The number of nitrogens with two attached hydrogens (primary N) is 1. The van der Waals surface area contributed by atoms with Gasteiger partial charge in [0.15, 0.2) is 6.61 Å². The van der Waals surface area contributed by atoms with Crippen molar-refractivity contribution in [1.29, 1.82) is 0 Å². The Hall–Kier alpha value is -2.22. The summed E-state index contributed by atoms with van der Waals surface area (Å²) in [6.07, 6.45) is 0. The summed E-state index contributed by atoms with van der Waals surface area (Å²) < 4.78 is 10.7. The quantitative estimate of drug-likeness (QED) is 0.794. The third-order valence-corrected chi connectivity index (χ3v) is 2.55. The van der Waals surface area contributed by atoms with Gasteiger partial charge in [-0.2, -0.15) is 4.80 Å².